The smallest absolute Gasteiger partial charge is 0.123 e. The van der Waals surface area contributed by atoms with E-state index in [4.69, 9.17) is 0 Å². The second kappa shape index (κ2) is 5.20. The maximum atomic E-state index is 13.1. The fraction of sp³-hybridized carbons (Fsp3) is 0.308. The number of aliphatic hydroxyl groups is 1. The van der Waals surface area contributed by atoms with Gasteiger partial charge in [-0.25, -0.2) is 4.39 Å². The molecule has 0 spiro atoms. The van der Waals surface area contributed by atoms with E-state index in [0.717, 1.165) is 15.9 Å². The van der Waals surface area contributed by atoms with Gasteiger partial charge in [-0.3, -0.25) is 4.68 Å². The van der Waals surface area contributed by atoms with E-state index in [1.165, 1.54) is 12.1 Å². The molecule has 96 valence electrons. The highest BCUT2D eigenvalue weighted by molar-refractivity contribution is 9.10. The third-order valence-electron chi connectivity index (χ3n) is 2.87. The highest BCUT2D eigenvalue weighted by Gasteiger charge is 2.14. The first-order valence-electron chi connectivity index (χ1n) is 5.62. The summed E-state index contributed by atoms with van der Waals surface area (Å²) in [6.07, 6.45) is -0.773. The summed E-state index contributed by atoms with van der Waals surface area (Å²) in [5.74, 6) is -0.346. The van der Waals surface area contributed by atoms with Crippen molar-refractivity contribution in [3.8, 4) is 0 Å². The van der Waals surface area contributed by atoms with Crippen LogP contribution in [0.3, 0.4) is 0 Å². The first kappa shape index (κ1) is 13.2. The van der Waals surface area contributed by atoms with Crippen molar-refractivity contribution in [3.05, 3.63) is 51.5 Å². The lowest BCUT2D eigenvalue weighted by atomic mass is 10.1. The third kappa shape index (κ3) is 2.62. The van der Waals surface area contributed by atoms with E-state index in [9.17, 15) is 9.50 Å². The first-order valence-corrected chi connectivity index (χ1v) is 6.41. The molecule has 5 heteroatoms. The molecular formula is C13H14BrFN2O. The van der Waals surface area contributed by atoms with E-state index in [1.807, 2.05) is 13.8 Å². The lowest BCUT2D eigenvalue weighted by molar-refractivity contribution is 0.150. The maximum absolute atomic E-state index is 13.1. The number of aryl methyl sites for hydroxylation is 1. The SMILES string of the molecule is Cc1nn(C[C@H](O)c2cccc(F)c2)c(C)c1Br. The first-order chi connectivity index (χ1) is 8.49. The Morgan fingerprint density at radius 1 is 1.44 bits per heavy atom. The molecule has 0 unspecified atom stereocenters. The molecule has 0 amide bonds. The molecule has 0 aliphatic carbocycles. The molecule has 1 atom stereocenters. The zero-order valence-corrected chi connectivity index (χ0v) is 11.8. The number of aromatic nitrogens is 2. The van der Waals surface area contributed by atoms with Crippen LogP contribution in [0.25, 0.3) is 0 Å². The Morgan fingerprint density at radius 2 is 2.17 bits per heavy atom. The van der Waals surface area contributed by atoms with E-state index >= 15 is 0 Å². The van der Waals surface area contributed by atoms with Gasteiger partial charge in [0.25, 0.3) is 0 Å². The van der Waals surface area contributed by atoms with Gasteiger partial charge in [0.05, 0.1) is 22.8 Å². The molecule has 1 aromatic carbocycles. The second-order valence-corrected chi connectivity index (χ2v) is 5.03. The molecule has 2 aromatic rings. The predicted molar refractivity (Wildman–Crippen MR) is 70.8 cm³/mol. The van der Waals surface area contributed by atoms with Gasteiger partial charge in [-0.15, -0.1) is 0 Å². The van der Waals surface area contributed by atoms with Gasteiger partial charge in [-0.05, 0) is 47.5 Å². The quantitative estimate of drug-likeness (QED) is 0.945. The number of nitrogens with zero attached hydrogens (tertiary/aromatic N) is 2. The zero-order valence-electron chi connectivity index (χ0n) is 10.2. The summed E-state index contributed by atoms with van der Waals surface area (Å²) < 4.78 is 15.7. The van der Waals surface area contributed by atoms with Crippen LogP contribution in [0.15, 0.2) is 28.7 Å². The van der Waals surface area contributed by atoms with Crippen LogP contribution in [-0.2, 0) is 6.54 Å². The Bertz CT molecular complexity index is 568. The van der Waals surface area contributed by atoms with Crippen LogP contribution in [0.1, 0.15) is 23.1 Å². The summed E-state index contributed by atoms with van der Waals surface area (Å²) in [6.45, 7) is 4.12. The van der Waals surface area contributed by atoms with Crippen LogP contribution in [-0.4, -0.2) is 14.9 Å². The maximum Gasteiger partial charge on any atom is 0.123 e. The lowest BCUT2D eigenvalue weighted by Crippen LogP contribution is -2.11. The third-order valence-corrected chi connectivity index (χ3v) is 4.02. The molecule has 0 radical (unpaired) electrons. The van der Waals surface area contributed by atoms with Gasteiger partial charge >= 0.3 is 0 Å². The minimum Gasteiger partial charge on any atom is -0.386 e. The van der Waals surface area contributed by atoms with Gasteiger partial charge in [0, 0.05) is 5.69 Å². The van der Waals surface area contributed by atoms with Gasteiger partial charge < -0.3 is 5.11 Å². The molecule has 18 heavy (non-hydrogen) atoms. The average Bonchev–Trinajstić information content (AvgIpc) is 2.57. The van der Waals surface area contributed by atoms with Crippen LogP contribution in [0.4, 0.5) is 4.39 Å². The van der Waals surface area contributed by atoms with Crippen LogP contribution in [0, 0.1) is 19.7 Å². The minimum absolute atomic E-state index is 0.307. The molecule has 0 aliphatic rings. The Morgan fingerprint density at radius 3 is 2.72 bits per heavy atom. The van der Waals surface area contributed by atoms with Crippen LogP contribution >= 0.6 is 15.9 Å². The van der Waals surface area contributed by atoms with Gasteiger partial charge in [0.1, 0.15) is 5.82 Å². The zero-order chi connectivity index (χ0) is 13.3. The van der Waals surface area contributed by atoms with Crippen molar-refractivity contribution in [2.24, 2.45) is 0 Å². The van der Waals surface area contributed by atoms with Crippen LogP contribution in [0.2, 0.25) is 0 Å². The number of benzene rings is 1. The van der Waals surface area contributed by atoms with Gasteiger partial charge in [0.2, 0.25) is 0 Å². The summed E-state index contributed by atoms with van der Waals surface area (Å²) in [5.41, 5.74) is 2.38. The minimum atomic E-state index is -0.773. The van der Waals surface area contributed by atoms with Crippen LogP contribution in [0.5, 0.6) is 0 Å². The molecule has 0 bridgehead atoms. The summed E-state index contributed by atoms with van der Waals surface area (Å²) in [6, 6.07) is 5.99. The van der Waals surface area contributed by atoms with Gasteiger partial charge in [-0.1, -0.05) is 12.1 Å². The standard InChI is InChI=1S/C13H14BrFN2O/c1-8-13(14)9(2)17(16-8)7-12(18)10-4-3-5-11(15)6-10/h3-6,12,18H,7H2,1-2H3/t12-/m0/s1. The molecule has 0 fully saturated rings. The van der Waals surface area contributed by atoms with Crippen molar-refractivity contribution < 1.29 is 9.50 Å². The Kier molecular flexibility index (Phi) is 3.82. The number of rotatable bonds is 3. The van der Waals surface area contributed by atoms with Crippen molar-refractivity contribution in [3.63, 3.8) is 0 Å². The monoisotopic (exact) mass is 312 g/mol. The molecule has 0 saturated heterocycles. The molecule has 0 aliphatic heterocycles. The van der Waals surface area contributed by atoms with Crippen molar-refractivity contribution in [2.75, 3.05) is 0 Å². The van der Waals surface area contributed by atoms with E-state index in [1.54, 1.807) is 16.8 Å². The molecule has 1 aromatic heterocycles. The fourth-order valence-corrected chi connectivity index (χ4v) is 2.12. The molecule has 1 heterocycles. The molecule has 2 rings (SSSR count). The highest BCUT2D eigenvalue weighted by Crippen LogP contribution is 2.22. The van der Waals surface area contributed by atoms with Crippen molar-refractivity contribution >= 4 is 15.9 Å². The van der Waals surface area contributed by atoms with E-state index < -0.39 is 6.10 Å². The predicted octanol–water partition coefficient (Wildman–Crippen LogP) is 3.14. The molecule has 1 N–H and O–H groups in total. The highest BCUT2D eigenvalue weighted by atomic mass is 79.9. The molecule has 0 saturated carbocycles. The van der Waals surface area contributed by atoms with Crippen LogP contribution < -0.4 is 0 Å². The summed E-state index contributed by atoms with van der Waals surface area (Å²) in [4.78, 5) is 0. The topological polar surface area (TPSA) is 38.0 Å². The summed E-state index contributed by atoms with van der Waals surface area (Å²) in [5, 5.41) is 14.4. The summed E-state index contributed by atoms with van der Waals surface area (Å²) >= 11 is 3.43. The van der Waals surface area contributed by atoms with Crippen molar-refractivity contribution in [1.29, 1.82) is 0 Å². The van der Waals surface area contributed by atoms with Gasteiger partial charge in [-0.2, -0.15) is 5.10 Å². The molecule has 3 nitrogen and oxygen atoms in total. The van der Waals surface area contributed by atoms with Gasteiger partial charge in [0.15, 0.2) is 0 Å². The second-order valence-electron chi connectivity index (χ2n) is 4.24. The average molecular weight is 313 g/mol. The van der Waals surface area contributed by atoms with Crippen molar-refractivity contribution in [2.45, 2.75) is 26.5 Å². The largest absolute Gasteiger partial charge is 0.386 e. The Hall–Kier alpha value is -1.20. The van der Waals surface area contributed by atoms with E-state index in [2.05, 4.69) is 21.0 Å². The molecular weight excluding hydrogens is 299 g/mol. The lowest BCUT2D eigenvalue weighted by Gasteiger charge is -2.12. The summed E-state index contributed by atoms with van der Waals surface area (Å²) in [7, 11) is 0. The number of hydrogen-bond acceptors (Lipinski definition) is 2. The Labute approximate surface area is 113 Å². The Balaban J connectivity index is 2.21. The van der Waals surface area contributed by atoms with E-state index in [0.29, 0.717) is 12.1 Å². The fourth-order valence-electron chi connectivity index (χ4n) is 1.84. The number of halogens is 2. The van der Waals surface area contributed by atoms with E-state index in [-0.39, 0.29) is 5.82 Å². The number of hydrogen-bond donors (Lipinski definition) is 1. The van der Waals surface area contributed by atoms with Crippen molar-refractivity contribution in [1.82, 2.24) is 9.78 Å². The normalized spacial score (nSPS) is 12.7. The number of aliphatic hydroxyl groups excluding tert-OH is 1.